The van der Waals surface area contributed by atoms with Gasteiger partial charge in [0.1, 0.15) is 17.2 Å². The molecule has 0 saturated carbocycles. The van der Waals surface area contributed by atoms with Crippen molar-refractivity contribution in [2.75, 3.05) is 56.2 Å². The Morgan fingerprint density at radius 1 is 0.948 bits per heavy atom. The van der Waals surface area contributed by atoms with Crippen molar-refractivity contribution >= 4 is 44.8 Å². The third-order valence-corrected chi connectivity index (χ3v) is 13.0. The van der Waals surface area contributed by atoms with E-state index in [0.717, 1.165) is 84.8 Å². The Kier molecular flexibility index (Phi) is 13.0. The highest BCUT2D eigenvalue weighted by atomic mass is 32.2. The molecule has 5 aromatic carbocycles. The zero-order valence-corrected chi connectivity index (χ0v) is 34.3. The summed E-state index contributed by atoms with van der Waals surface area (Å²) in [5.74, 6) is 1.49. The lowest BCUT2D eigenvalue weighted by atomic mass is 9.92. The molecule has 1 fully saturated rings. The first-order valence-electron chi connectivity index (χ1n) is 19.4. The summed E-state index contributed by atoms with van der Waals surface area (Å²) in [6, 6.07) is 37.0. The van der Waals surface area contributed by atoms with E-state index in [1.807, 2.05) is 104 Å². The van der Waals surface area contributed by atoms with E-state index < -0.39 is 20.9 Å². The molecule has 58 heavy (non-hydrogen) atoms. The maximum absolute atomic E-state index is 13.5. The van der Waals surface area contributed by atoms with Gasteiger partial charge >= 0.3 is 0 Å². The SMILES string of the molecule is CN(C)CC[C@H](CSc1ccccc1)Nc1ccc(S(=O)(=O)NC(=O)c2ccc3c(c2)CCC2CN(Cc4ccccc4Oc4ccccc4)CCN32)cc1[N+](=O)[O-]. The van der Waals surface area contributed by atoms with Crippen molar-refractivity contribution in [3.63, 3.8) is 0 Å². The molecule has 7 rings (SSSR count). The Balaban J connectivity index is 0.991. The molecule has 0 aromatic heterocycles. The molecule has 2 atom stereocenters. The van der Waals surface area contributed by atoms with Gasteiger partial charge in [0.15, 0.2) is 0 Å². The molecule has 14 heteroatoms. The predicted molar refractivity (Wildman–Crippen MR) is 230 cm³/mol. The number of ether oxygens (including phenoxy) is 1. The van der Waals surface area contributed by atoms with E-state index in [1.165, 1.54) is 12.1 Å². The van der Waals surface area contributed by atoms with Crippen LogP contribution in [0.15, 0.2) is 131 Å². The summed E-state index contributed by atoms with van der Waals surface area (Å²) in [5, 5.41) is 15.5. The average molecular weight is 821 g/mol. The lowest BCUT2D eigenvalue weighted by molar-refractivity contribution is -0.384. The van der Waals surface area contributed by atoms with E-state index in [9.17, 15) is 23.3 Å². The van der Waals surface area contributed by atoms with Gasteiger partial charge in [-0.25, -0.2) is 13.1 Å². The second kappa shape index (κ2) is 18.5. The first-order valence-corrected chi connectivity index (χ1v) is 21.9. The molecular weight excluding hydrogens is 773 g/mol. The zero-order chi connectivity index (χ0) is 40.6. The molecule has 2 heterocycles. The van der Waals surface area contributed by atoms with Crippen LogP contribution in [0.25, 0.3) is 0 Å². The van der Waals surface area contributed by atoms with Crippen LogP contribution in [0.2, 0.25) is 0 Å². The number of fused-ring (bicyclic) bond motifs is 3. The molecular formula is C44H48N6O6S2. The van der Waals surface area contributed by atoms with Crippen molar-refractivity contribution < 1.29 is 22.9 Å². The first-order chi connectivity index (χ1) is 28.0. The monoisotopic (exact) mass is 820 g/mol. The largest absolute Gasteiger partial charge is 0.457 e. The number of nitro groups is 1. The minimum Gasteiger partial charge on any atom is -0.457 e. The molecule has 12 nitrogen and oxygen atoms in total. The summed E-state index contributed by atoms with van der Waals surface area (Å²) in [4.78, 5) is 32.7. The number of hydrogen-bond donors (Lipinski definition) is 2. The molecule has 1 amide bonds. The van der Waals surface area contributed by atoms with E-state index in [-0.39, 0.29) is 27.9 Å². The molecule has 0 spiro atoms. The Hall–Kier alpha value is -5.41. The van der Waals surface area contributed by atoms with Crippen LogP contribution in [0.3, 0.4) is 0 Å². The normalized spacial score (nSPS) is 15.9. The molecule has 2 N–H and O–H groups in total. The molecule has 2 aliphatic heterocycles. The lowest BCUT2D eigenvalue weighted by Gasteiger charge is -2.46. The van der Waals surface area contributed by atoms with E-state index in [0.29, 0.717) is 18.2 Å². The topological polar surface area (TPSA) is 137 Å². The fraction of sp³-hybridized carbons (Fsp3) is 0.295. The van der Waals surface area contributed by atoms with Gasteiger partial charge in [0, 0.05) is 71.8 Å². The highest BCUT2D eigenvalue weighted by Crippen LogP contribution is 2.35. The van der Waals surface area contributed by atoms with Gasteiger partial charge in [0.05, 0.1) is 9.82 Å². The Bertz CT molecular complexity index is 2330. The van der Waals surface area contributed by atoms with E-state index in [2.05, 4.69) is 25.9 Å². The van der Waals surface area contributed by atoms with Crippen LogP contribution >= 0.6 is 11.8 Å². The summed E-state index contributed by atoms with van der Waals surface area (Å²) < 4.78 is 35.4. The van der Waals surface area contributed by atoms with Crippen LogP contribution in [0.1, 0.15) is 34.3 Å². The molecule has 0 aliphatic carbocycles. The summed E-state index contributed by atoms with van der Waals surface area (Å²) in [6.07, 6.45) is 2.34. The standard InChI is InChI=1S/C44H48N6O6S2/c1-47(2)24-23-35(31-57-38-14-7-4-8-15-38)45-40-21-20-39(28-42(40)50(52)53)58(54,55)46-44(51)33-18-22-41-32(27-33)17-19-36-30-48(25-26-49(36)41)29-34-11-9-10-16-43(34)56-37-12-5-3-6-13-37/h3-16,18,20-22,27-28,35-36,45H,17,19,23-26,29-31H2,1-2H3,(H,46,51)/t35-,36?/m1/s1. The molecule has 5 aromatic rings. The van der Waals surface area contributed by atoms with Crippen molar-refractivity contribution in [3.8, 4) is 11.5 Å². The minimum atomic E-state index is -4.44. The number of rotatable bonds is 16. The number of amides is 1. The summed E-state index contributed by atoms with van der Waals surface area (Å²) in [6.45, 7) is 4.05. The first kappa shape index (κ1) is 40.8. The van der Waals surface area contributed by atoms with Crippen molar-refractivity contribution in [3.05, 3.63) is 148 Å². The smallest absolute Gasteiger partial charge is 0.293 e. The van der Waals surface area contributed by atoms with E-state index in [1.54, 1.807) is 23.9 Å². The number of carbonyl (C=O) groups is 1. The fourth-order valence-corrected chi connectivity index (χ4v) is 9.47. The number of thioether (sulfide) groups is 1. The van der Waals surface area contributed by atoms with Crippen LogP contribution in [-0.2, 0) is 23.0 Å². The molecule has 2 aliphatic rings. The maximum atomic E-state index is 13.5. The van der Waals surface area contributed by atoms with Gasteiger partial charge in [0.2, 0.25) is 0 Å². The van der Waals surface area contributed by atoms with Crippen molar-refractivity contribution in [2.24, 2.45) is 0 Å². The van der Waals surface area contributed by atoms with Gasteiger partial charge in [-0.15, -0.1) is 11.8 Å². The zero-order valence-electron chi connectivity index (χ0n) is 32.6. The fourth-order valence-electron chi connectivity index (χ4n) is 7.48. The van der Waals surface area contributed by atoms with Gasteiger partial charge < -0.3 is 19.9 Å². The van der Waals surface area contributed by atoms with Crippen LogP contribution < -0.4 is 19.7 Å². The van der Waals surface area contributed by atoms with Crippen LogP contribution in [-0.4, -0.2) is 87.2 Å². The second-order valence-corrected chi connectivity index (χ2v) is 17.7. The third-order valence-electron chi connectivity index (χ3n) is 10.5. The van der Waals surface area contributed by atoms with Crippen LogP contribution in [0.5, 0.6) is 11.5 Å². The Morgan fingerprint density at radius 3 is 2.45 bits per heavy atom. The van der Waals surface area contributed by atoms with Gasteiger partial charge in [-0.2, -0.15) is 0 Å². The number of benzene rings is 5. The molecule has 0 radical (unpaired) electrons. The van der Waals surface area contributed by atoms with E-state index >= 15 is 0 Å². The Morgan fingerprint density at radius 2 is 1.69 bits per heavy atom. The number of hydrogen-bond acceptors (Lipinski definition) is 11. The summed E-state index contributed by atoms with van der Waals surface area (Å²) >= 11 is 1.64. The highest BCUT2D eigenvalue weighted by Gasteiger charge is 2.33. The molecule has 0 bridgehead atoms. The number of nitro benzene ring substituents is 1. The number of piperazine rings is 1. The number of nitrogens with zero attached hydrogens (tertiary/aromatic N) is 4. The number of para-hydroxylation sites is 2. The van der Waals surface area contributed by atoms with Gasteiger partial charge in [-0.05, 0) is 106 Å². The number of nitrogens with one attached hydrogen (secondary N) is 2. The van der Waals surface area contributed by atoms with Gasteiger partial charge in [-0.1, -0.05) is 54.6 Å². The lowest BCUT2D eigenvalue weighted by Crippen LogP contribution is -2.54. The predicted octanol–water partition coefficient (Wildman–Crippen LogP) is 7.67. The van der Waals surface area contributed by atoms with Crippen molar-refractivity contribution in [2.45, 2.75) is 47.7 Å². The number of anilines is 2. The quantitative estimate of drug-likeness (QED) is 0.0577. The number of carbonyl (C=O) groups excluding carboxylic acids is 1. The van der Waals surface area contributed by atoms with Crippen molar-refractivity contribution in [1.82, 2.24) is 14.5 Å². The molecule has 302 valence electrons. The van der Waals surface area contributed by atoms with E-state index in [4.69, 9.17) is 4.74 Å². The summed E-state index contributed by atoms with van der Waals surface area (Å²) in [5.41, 5.74) is 3.19. The molecule has 1 saturated heterocycles. The highest BCUT2D eigenvalue weighted by molar-refractivity contribution is 7.99. The van der Waals surface area contributed by atoms with Crippen molar-refractivity contribution in [1.29, 1.82) is 0 Å². The van der Waals surface area contributed by atoms with Gasteiger partial charge in [-0.3, -0.25) is 19.8 Å². The van der Waals surface area contributed by atoms with Crippen LogP contribution in [0, 0.1) is 10.1 Å². The van der Waals surface area contributed by atoms with Gasteiger partial charge in [0.25, 0.3) is 21.6 Å². The third kappa shape index (κ3) is 10.2. The average Bonchev–Trinajstić information content (AvgIpc) is 3.22. The molecule has 1 unspecified atom stereocenters. The van der Waals surface area contributed by atoms with Crippen LogP contribution in [0.4, 0.5) is 17.1 Å². The Labute approximate surface area is 344 Å². The number of sulfonamides is 1. The summed E-state index contributed by atoms with van der Waals surface area (Å²) in [7, 11) is -0.510. The minimum absolute atomic E-state index is 0.139. The number of aryl methyl sites for hydroxylation is 1. The maximum Gasteiger partial charge on any atom is 0.293 e. The second-order valence-electron chi connectivity index (χ2n) is 14.9.